The fourth-order valence-electron chi connectivity index (χ4n) is 6.76. The molecule has 3 atom stereocenters. The van der Waals surface area contributed by atoms with E-state index in [1.807, 2.05) is 24.4 Å². The van der Waals surface area contributed by atoms with Crippen LogP contribution in [0.4, 0.5) is 0 Å². The molecule has 2 aromatic carbocycles. The van der Waals surface area contributed by atoms with Crippen LogP contribution in [0.1, 0.15) is 65.9 Å². The van der Waals surface area contributed by atoms with Crippen LogP contribution in [0, 0.1) is 0 Å². The summed E-state index contributed by atoms with van der Waals surface area (Å²) in [6, 6.07) is 11.8. The zero-order chi connectivity index (χ0) is 25.8. The summed E-state index contributed by atoms with van der Waals surface area (Å²) >= 11 is 0. The summed E-state index contributed by atoms with van der Waals surface area (Å²) in [5.74, 6) is 0.457. The van der Waals surface area contributed by atoms with E-state index in [-0.39, 0.29) is 30.2 Å². The molecule has 4 heterocycles. The number of aromatic amines is 1. The number of nitrogens with one attached hydrogen (secondary N) is 2. The van der Waals surface area contributed by atoms with E-state index in [1.165, 1.54) is 17.4 Å². The van der Waals surface area contributed by atoms with E-state index in [1.54, 1.807) is 4.90 Å². The van der Waals surface area contributed by atoms with Gasteiger partial charge in [0.1, 0.15) is 17.9 Å². The molecule has 2 saturated heterocycles. The Bertz CT molecular complexity index is 1430. The third kappa shape index (κ3) is 3.96. The summed E-state index contributed by atoms with van der Waals surface area (Å²) < 4.78 is 6.59. The molecule has 3 aliphatic heterocycles. The lowest BCUT2D eigenvalue weighted by atomic mass is 9.83. The van der Waals surface area contributed by atoms with Crippen LogP contribution in [0.3, 0.4) is 0 Å². The Morgan fingerprint density at radius 3 is 2.74 bits per heavy atom. The minimum absolute atomic E-state index is 0.107. The molecule has 0 bridgehead atoms. The SMILES string of the molecule is O=C1CCC(N2Cc3cc(O[C@@H]4CCCC[C@H]4N4CC(c5cccc6[nH]ncc56)C4)ccc3C2=O)C(=O)N1. The van der Waals surface area contributed by atoms with Crippen molar-refractivity contribution in [2.45, 2.75) is 69.2 Å². The van der Waals surface area contributed by atoms with Crippen molar-refractivity contribution in [1.82, 2.24) is 25.3 Å². The number of imide groups is 1. The molecule has 3 amide bonds. The lowest BCUT2D eigenvalue weighted by Gasteiger charge is -2.48. The van der Waals surface area contributed by atoms with Crippen molar-refractivity contribution in [3.05, 3.63) is 59.3 Å². The second-order valence-corrected chi connectivity index (χ2v) is 11.1. The first-order valence-corrected chi connectivity index (χ1v) is 13.7. The number of likely N-dealkylation sites (tertiary alicyclic amines) is 1. The van der Waals surface area contributed by atoms with Crippen LogP contribution in [0.25, 0.3) is 10.9 Å². The quantitative estimate of drug-likeness (QED) is 0.508. The van der Waals surface area contributed by atoms with Crippen LogP contribution < -0.4 is 10.1 Å². The lowest BCUT2D eigenvalue weighted by molar-refractivity contribution is -0.136. The number of amides is 3. The molecule has 1 aliphatic carbocycles. The largest absolute Gasteiger partial charge is 0.489 e. The second-order valence-electron chi connectivity index (χ2n) is 11.1. The number of benzene rings is 2. The van der Waals surface area contributed by atoms with Gasteiger partial charge in [-0.3, -0.25) is 29.7 Å². The van der Waals surface area contributed by atoms with Gasteiger partial charge in [-0.25, -0.2) is 0 Å². The molecule has 1 saturated carbocycles. The highest BCUT2D eigenvalue weighted by Gasteiger charge is 2.41. The number of fused-ring (bicyclic) bond motifs is 2. The van der Waals surface area contributed by atoms with Crippen molar-refractivity contribution in [3.8, 4) is 5.75 Å². The fourth-order valence-corrected chi connectivity index (χ4v) is 6.76. The molecule has 1 aromatic heterocycles. The standard InChI is InChI=1S/C29H31N5O4/c35-27-11-10-25(28(36)31-27)34-16-17-12-19(8-9-21(17)29(34)37)38-26-7-2-1-6-24(26)33-14-18(15-33)20-4-3-5-23-22(20)13-30-32-23/h3-5,8-9,12-13,18,24-26H,1-2,6-7,10-11,14-16H2,(H,30,32)(H,31,35,36)/t24-,25?,26-/m1/s1. The van der Waals surface area contributed by atoms with Gasteiger partial charge in [-0.05, 0) is 61.1 Å². The van der Waals surface area contributed by atoms with E-state index in [9.17, 15) is 14.4 Å². The van der Waals surface area contributed by atoms with Crippen molar-refractivity contribution in [1.29, 1.82) is 0 Å². The number of rotatable bonds is 5. The third-order valence-corrected chi connectivity index (χ3v) is 8.79. The van der Waals surface area contributed by atoms with E-state index in [2.05, 4.69) is 38.6 Å². The van der Waals surface area contributed by atoms with Crippen LogP contribution in [-0.4, -0.2) is 69.0 Å². The van der Waals surface area contributed by atoms with Crippen LogP contribution in [0.5, 0.6) is 5.75 Å². The van der Waals surface area contributed by atoms with Gasteiger partial charge in [-0.1, -0.05) is 18.6 Å². The molecule has 7 rings (SSSR count). The fraction of sp³-hybridized carbons (Fsp3) is 0.448. The molecule has 1 unspecified atom stereocenters. The molecule has 196 valence electrons. The molecule has 9 nitrogen and oxygen atoms in total. The molecule has 0 radical (unpaired) electrons. The zero-order valence-electron chi connectivity index (χ0n) is 21.2. The van der Waals surface area contributed by atoms with Crippen LogP contribution in [0.15, 0.2) is 42.6 Å². The topological polar surface area (TPSA) is 108 Å². The number of hydrogen-bond acceptors (Lipinski definition) is 6. The summed E-state index contributed by atoms with van der Waals surface area (Å²) in [5.41, 5.74) is 3.94. The average Bonchev–Trinajstić information content (AvgIpc) is 3.49. The minimum Gasteiger partial charge on any atom is -0.489 e. The highest BCUT2D eigenvalue weighted by atomic mass is 16.5. The summed E-state index contributed by atoms with van der Waals surface area (Å²) in [5, 5.41) is 10.9. The van der Waals surface area contributed by atoms with Crippen LogP contribution in [-0.2, 0) is 16.1 Å². The van der Waals surface area contributed by atoms with E-state index in [0.29, 0.717) is 30.5 Å². The van der Waals surface area contributed by atoms with E-state index < -0.39 is 6.04 Å². The van der Waals surface area contributed by atoms with Gasteiger partial charge in [-0.15, -0.1) is 0 Å². The summed E-state index contributed by atoms with van der Waals surface area (Å²) in [4.78, 5) is 41.1. The van der Waals surface area contributed by atoms with E-state index >= 15 is 0 Å². The summed E-state index contributed by atoms with van der Waals surface area (Å²) in [6.45, 7) is 2.40. The second kappa shape index (κ2) is 9.23. The Kier molecular flexibility index (Phi) is 5.69. The highest BCUT2D eigenvalue weighted by molar-refractivity contribution is 6.05. The minimum atomic E-state index is -0.605. The van der Waals surface area contributed by atoms with Gasteiger partial charge in [0, 0.05) is 49.0 Å². The first kappa shape index (κ1) is 23.4. The van der Waals surface area contributed by atoms with Gasteiger partial charge in [-0.2, -0.15) is 5.10 Å². The maximum atomic E-state index is 13.0. The molecule has 0 spiro atoms. The molecular formula is C29H31N5O4. The number of piperidine rings is 1. The number of hydrogen-bond donors (Lipinski definition) is 2. The lowest BCUT2D eigenvalue weighted by Crippen LogP contribution is -2.57. The molecule has 3 fully saturated rings. The number of H-pyrrole nitrogens is 1. The van der Waals surface area contributed by atoms with Crippen molar-refractivity contribution < 1.29 is 19.1 Å². The van der Waals surface area contributed by atoms with Gasteiger partial charge >= 0.3 is 0 Å². The summed E-state index contributed by atoms with van der Waals surface area (Å²) in [7, 11) is 0. The number of aromatic nitrogens is 2. The Hall–Kier alpha value is -3.72. The monoisotopic (exact) mass is 513 g/mol. The van der Waals surface area contributed by atoms with E-state index in [4.69, 9.17) is 4.74 Å². The predicted molar refractivity (Wildman–Crippen MR) is 140 cm³/mol. The summed E-state index contributed by atoms with van der Waals surface area (Å²) in [6.07, 6.45) is 7.16. The maximum absolute atomic E-state index is 13.0. The van der Waals surface area contributed by atoms with Gasteiger partial charge in [0.15, 0.2) is 0 Å². The van der Waals surface area contributed by atoms with Gasteiger partial charge in [0.05, 0.1) is 11.7 Å². The molecule has 3 aromatic rings. The Morgan fingerprint density at radius 2 is 1.87 bits per heavy atom. The van der Waals surface area contributed by atoms with Crippen LogP contribution >= 0.6 is 0 Å². The Balaban J connectivity index is 1.03. The van der Waals surface area contributed by atoms with Crippen molar-refractivity contribution in [2.75, 3.05) is 13.1 Å². The number of nitrogens with zero attached hydrogens (tertiary/aromatic N) is 3. The molecule has 9 heteroatoms. The Labute approximate surface area is 220 Å². The first-order chi connectivity index (χ1) is 18.5. The number of carbonyl (C=O) groups is 3. The normalized spacial score (nSPS) is 26.4. The van der Waals surface area contributed by atoms with E-state index in [0.717, 1.165) is 49.2 Å². The van der Waals surface area contributed by atoms with Gasteiger partial charge < -0.3 is 9.64 Å². The van der Waals surface area contributed by atoms with Crippen molar-refractivity contribution >= 4 is 28.6 Å². The number of ether oxygens (including phenoxy) is 1. The molecule has 38 heavy (non-hydrogen) atoms. The van der Waals surface area contributed by atoms with Gasteiger partial charge in [0.2, 0.25) is 11.8 Å². The molecule has 2 N–H and O–H groups in total. The predicted octanol–water partition coefficient (Wildman–Crippen LogP) is 3.11. The first-order valence-electron chi connectivity index (χ1n) is 13.7. The smallest absolute Gasteiger partial charge is 0.255 e. The molecular weight excluding hydrogens is 482 g/mol. The number of carbonyl (C=O) groups excluding carboxylic acids is 3. The van der Waals surface area contributed by atoms with Crippen LogP contribution in [0.2, 0.25) is 0 Å². The zero-order valence-corrected chi connectivity index (χ0v) is 21.2. The average molecular weight is 514 g/mol. The van der Waals surface area contributed by atoms with Crippen molar-refractivity contribution in [3.63, 3.8) is 0 Å². The maximum Gasteiger partial charge on any atom is 0.255 e. The highest BCUT2D eigenvalue weighted by Crippen LogP contribution is 2.38. The van der Waals surface area contributed by atoms with Gasteiger partial charge in [0.25, 0.3) is 5.91 Å². The molecule has 4 aliphatic rings. The van der Waals surface area contributed by atoms with Crippen molar-refractivity contribution in [2.24, 2.45) is 0 Å². The third-order valence-electron chi connectivity index (χ3n) is 8.79. The Morgan fingerprint density at radius 1 is 1.00 bits per heavy atom.